The SMILES string of the molecule is C#Cc1c(F)ccc2cc(O)cc(-c3cnc4c(N5CC6CCC(C5)N6)nc(OCC5CCCN5C)nc4c3C=C)c12. The van der Waals surface area contributed by atoms with Crippen molar-refractivity contribution in [3.63, 3.8) is 0 Å². The van der Waals surface area contributed by atoms with Crippen molar-refractivity contribution >= 4 is 33.7 Å². The highest BCUT2D eigenvalue weighted by molar-refractivity contribution is 6.06. The number of piperazine rings is 1. The van der Waals surface area contributed by atoms with Crippen molar-refractivity contribution in [2.24, 2.45) is 0 Å². The number of ether oxygens (including phenoxy) is 1. The molecule has 3 unspecified atom stereocenters. The average Bonchev–Trinajstić information content (AvgIpc) is 3.57. The third kappa shape index (κ3) is 4.52. The zero-order valence-electron chi connectivity index (χ0n) is 23.6. The number of nitrogens with one attached hydrogen (secondary N) is 1. The quantitative estimate of drug-likeness (QED) is 0.325. The summed E-state index contributed by atoms with van der Waals surface area (Å²) in [6.07, 6.45) is 13.7. The molecule has 2 aromatic carbocycles. The number of aromatic hydroxyl groups is 1. The first-order chi connectivity index (χ1) is 20.4. The fraction of sp³-hybridized carbons (Fsp3) is 0.364. The largest absolute Gasteiger partial charge is 0.508 e. The van der Waals surface area contributed by atoms with Crippen LogP contribution in [-0.4, -0.2) is 76.4 Å². The van der Waals surface area contributed by atoms with Crippen LogP contribution in [0.1, 0.15) is 36.8 Å². The van der Waals surface area contributed by atoms with Gasteiger partial charge < -0.3 is 25.0 Å². The van der Waals surface area contributed by atoms with Crippen LogP contribution < -0.4 is 15.0 Å². The first kappa shape index (κ1) is 26.6. The van der Waals surface area contributed by atoms with Crippen molar-refractivity contribution in [3.05, 3.63) is 54.0 Å². The summed E-state index contributed by atoms with van der Waals surface area (Å²) in [7, 11) is 2.11. The summed E-state index contributed by atoms with van der Waals surface area (Å²) in [6, 6.07) is 7.50. The van der Waals surface area contributed by atoms with E-state index in [0.29, 0.717) is 69.2 Å². The van der Waals surface area contributed by atoms with Gasteiger partial charge >= 0.3 is 6.01 Å². The standard InChI is InChI=1S/C33H33FN6O2/c1-4-24-27(26-14-23(41)13-19-8-11-28(34)25(5-2)29(19)26)15-35-31-30(24)37-33(42-18-22-7-6-12-39(22)3)38-32(31)40-16-20-9-10-21(17-40)36-20/h2,4,8,11,13-15,20-22,36,41H,1,6-7,9-10,12,16-18H2,3H3. The van der Waals surface area contributed by atoms with E-state index >= 15 is 0 Å². The number of nitrogens with zero attached hydrogens (tertiary/aromatic N) is 5. The number of rotatable bonds is 6. The fourth-order valence-electron chi connectivity index (χ4n) is 6.87. The minimum atomic E-state index is -0.503. The minimum Gasteiger partial charge on any atom is -0.508 e. The second-order valence-corrected chi connectivity index (χ2v) is 11.6. The van der Waals surface area contributed by atoms with Crippen LogP contribution in [0.25, 0.3) is 39.0 Å². The molecule has 8 nitrogen and oxygen atoms in total. The fourth-order valence-corrected chi connectivity index (χ4v) is 6.87. The number of aromatic nitrogens is 3. The van der Waals surface area contributed by atoms with Crippen LogP contribution in [-0.2, 0) is 0 Å². The Bertz CT molecular complexity index is 1760. The first-order valence-corrected chi connectivity index (χ1v) is 14.5. The highest BCUT2D eigenvalue weighted by Crippen LogP contribution is 2.40. The van der Waals surface area contributed by atoms with Crippen LogP contribution in [0.2, 0.25) is 0 Å². The number of pyridine rings is 1. The number of phenols is 1. The molecule has 4 aromatic rings. The molecule has 3 aliphatic heterocycles. The predicted molar refractivity (Wildman–Crippen MR) is 163 cm³/mol. The summed E-state index contributed by atoms with van der Waals surface area (Å²) < 4.78 is 21.2. The van der Waals surface area contributed by atoms with Gasteiger partial charge in [0.2, 0.25) is 0 Å². The summed E-state index contributed by atoms with van der Waals surface area (Å²) in [5.74, 6) is 2.77. The van der Waals surface area contributed by atoms with Crippen LogP contribution >= 0.6 is 0 Å². The molecule has 7 rings (SSSR count). The number of hydrogen-bond donors (Lipinski definition) is 2. The van der Waals surface area contributed by atoms with E-state index in [1.54, 1.807) is 30.5 Å². The van der Waals surface area contributed by atoms with Crippen LogP contribution in [0.3, 0.4) is 0 Å². The maximum atomic E-state index is 14.9. The molecule has 0 aliphatic carbocycles. The van der Waals surface area contributed by atoms with Crippen LogP contribution in [0.15, 0.2) is 37.0 Å². The number of halogens is 1. The number of benzene rings is 2. The maximum Gasteiger partial charge on any atom is 0.319 e. The summed E-state index contributed by atoms with van der Waals surface area (Å²) in [5, 5.41) is 15.5. The summed E-state index contributed by atoms with van der Waals surface area (Å²) >= 11 is 0. The highest BCUT2D eigenvalue weighted by atomic mass is 19.1. The molecule has 3 aliphatic rings. The number of anilines is 1. The topological polar surface area (TPSA) is 86.6 Å². The van der Waals surface area contributed by atoms with Crippen molar-refractivity contribution in [2.45, 2.75) is 43.8 Å². The van der Waals surface area contributed by atoms with E-state index in [4.69, 9.17) is 26.1 Å². The molecular weight excluding hydrogens is 531 g/mol. The van der Waals surface area contributed by atoms with Crippen molar-refractivity contribution < 1.29 is 14.2 Å². The molecule has 2 N–H and O–H groups in total. The molecule has 2 aromatic heterocycles. The van der Waals surface area contributed by atoms with E-state index in [1.807, 2.05) is 0 Å². The molecule has 2 bridgehead atoms. The maximum absolute atomic E-state index is 14.9. The molecule has 9 heteroatoms. The third-order valence-electron chi connectivity index (χ3n) is 9.00. The molecule has 5 heterocycles. The van der Waals surface area contributed by atoms with Gasteiger partial charge in [0.05, 0.1) is 5.56 Å². The molecule has 3 atom stereocenters. The van der Waals surface area contributed by atoms with E-state index in [2.05, 4.69) is 34.7 Å². The van der Waals surface area contributed by atoms with Gasteiger partial charge in [0.25, 0.3) is 0 Å². The number of hydrogen-bond acceptors (Lipinski definition) is 8. The van der Waals surface area contributed by atoms with Crippen LogP contribution in [0, 0.1) is 18.2 Å². The Labute approximate surface area is 244 Å². The molecule has 0 radical (unpaired) electrons. The Hall–Kier alpha value is -4.26. The van der Waals surface area contributed by atoms with Crippen molar-refractivity contribution in [3.8, 4) is 35.2 Å². The van der Waals surface area contributed by atoms with E-state index in [1.165, 1.54) is 6.07 Å². The average molecular weight is 565 g/mol. The lowest BCUT2D eigenvalue weighted by Gasteiger charge is -2.34. The van der Waals surface area contributed by atoms with Gasteiger partial charge in [-0.15, -0.1) is 6.42 Å². The molecule has 0 spiro atoms. The lowest BCUT2D eigenvalue weighted by Crippen LogP contribution is -2.51. The third-order valence-corrected chi connectivity index (χ3v) is 9.00. The van der Waals surface area contributed by atoms with Gasteiger partial charge in [-0.3, -0.25) is 0 Å². The monoisotopic (exact) mass is 564 g/mol. The van der Waals surface area contributed by atoms with Gasteiger partial charge in [-0.05, 0) is 68.4 Å². The Kier molecular flexibility index (Phi) is 6.68. The van der Waals surface area contributed by atoms with Crippen LogP contribution in [0.5, 0.6) is 11.8 Å². The Morgan fingerprint density at radius 2 is 1.98 bits per heavy atom. The highest BCUT2D eigenvalue weighted by Gasteiger charge is 2.34. The molecule has 3 saturated heterocycles. The number of likely N-dealkylation sites (N-methyl/N-ethyl adjacent to an activating group) is 1. The zero-order chi connectivity index (χ0) is 29.0. The van der Waals surface area contributed by atoms with Crippen molar-refractivity contribution in [1.29, 1.82) is 0 Å². The second-order valence-electron chi connectivity index (χ2n) is 11.6. The molecular formula is C33H33FN6O2. The van der Waals surface area contributed by atoms with Crippen LogP contribution in [0.4, 0.5) is 10.2 Å². The van der Waals surface area contributed by atoms with Gasteiger partial charge in [-0.2, -0.15) is 9.97 Å². The molecule has 214 valence electrons. The molecule has 42 heavy (non-hydrogen) atoms. The minimum absolute atomic E-state index is 0.0339. The zero-order valence-corrected chi connectivity index (χ0v) is 23.6. The number of likely N-dealkylation sites (tertiary alicyclic amines) is 1. The number of fused-ring (bicyclic) bond motifs is 4. The first-order valence-electron chi connectivity index (χ1n) is 14.5. The van der Waals surface area contributed by atoms with E-state index < -0.39 is 5.82 Å². The van der Waals surface area contributed by atoms with Gasteiger partial charge in [0, 0.05) is 53.9 Å². The van der Waals surface area contributed by atoms with E-state index in [9.17, 15) is 9.50 Å². The van der Waals surface area contributed by atoms with Crippen molar-refractivity contribution in [1.82, 2.24) is 25.2 Å². The second kappa shape index (κ2) is 10.5. The lowest BCUT2D eigenvalue weighted by atomic mass is 9.92. The Balaban J connectivity index is 1.42. The van der Waals surface area contributed by atoms with Gasteiger partial charge in [-0.1, -0.05) is 24.6 Å². The molecule has 3 fully saturated rings. The Morgan fingerprint density at radius 1 is 1.17 bits per heavy atom. The number of terminal acetylenes is 1. The predicted octanol–water partition coefficient (Wildman–Crippen LogP) is 4.73. The van der Waals surface area contributed by atoms with Crippen molar-refractivity contribution in [2.75, 3.05) is 38.2 Å². The number of phenolic OH excluding ortho intramolecular Hbond substituents is 1. The van der Waals surface area contributed by atoms with E-state index in [-0.39, 0.29) is 11.3 Å². The lowest BCUT2D eigenvalue weighted by molar-refractivity contribution is 0.188. The van der Waals surface area contributed by atoms with Gasteiger partial charge in [0.15, 0.2) is 5.82 Å². The summed E-state index contributed by atoms with van der Waals surface area (Å²) in [4.78, 5) is 19.3. The summed E-state index contributed by atoms with van der Waals surface area (Å²) in [6.45, 7) is 7.30. The van der Waals surface area contributed by atoms with E-state index in [0.717, 1.165) is 51.1 Å². The smallest absolute Gasteiger partial charge is 0.319 e. The normalized spacial score (nSPS) is 22.1. The molecule has 0 amide bonds. The summed E-state index contributed by atoms with van der Waals surface area (Å²) in [5.41, 5.74) is 3.23. The Morgan fingerprint density at radius 3 is 2.69 bits per heavy atom. The van der Waals surface area contributed by atoms with Gasteiger partial charge in [-0.25, -0.2) is 9.37 Å². The van der Waals surface area contributed by atoms with Gasteiger partial charge in [0.1, 0.15) is 29.2 Å². The molecule has 0 saturated carbocycles.